The van der Waals surface area contributed by atoms with Gasteiger partial charge in [-0.25, -0.2) is 0 Å². The highest BCUT2D eigenvalue weighted by Gasteiger charge is 1.95. The van der Waals surface area contributed by atoms with Crippen LogP contribution in [0.1, 0.15) is 6.42 Å². The molecule has 0 aliphatic heterocycles. The average molecular weight is 129 g/mol. The third-order valence-corrected chi connectivity index (χ3v) is 0.568. The Morgan fingerprint density at radius 2 is 1.78 bits per heavy atom. The molecule has 50 valence electrons. The molecule has 5 nitrogen and oxygen atoms in total. The van der Waals surface area contributed by atoms with Gasteiger partial charge in [0.25, 0.3) is 0 Å². The number of nitrogens with one attached hydrogen (secondary N) is 1. The lowest BCUT2D eigenvalue weighted by Crippen LogP contribution is -2.35. The van der Waals surface area contributed by atoms with E-state index in [0.29, 0.717) is 0 Å². The lowest BCUT2D eigenvalue weighted by atomic mass is 10.3. The highest BCUT2D eigenvalue weighted by Crippen LogP contribution is 1.77. The number of aliphatic carboxylic acids is 2. The number of rotatable bonds is 3. The van der Waals surface area contributed by atoms with Gasteiger partial charge >= 0.3 is 0 Å². The summed E-state index contributed by atoms with van der Waals surface area (Å²) >= 11 is 0. The molecule has 0 radical (unpaired) electrons. The highest BCUT2D eigenvalue weighted by atomic mass is 16.4. The predicted octanol–water partition coefficient (Wildman–Crippen LogP) is -3.10. The molecule has 0 bridgehead atoms. The van der Waals surface area contributed by atoms with Crippen LogP contribution in [0.5, 0.6) is 0 Å². The molecule has 0 aromatic heterocycles. The summed E-state index contributed by atoms with van der Waals surface area (Å²) < 4.78 is 0. The van der Waals surface area contributed by atoms with Gasteiger partial charge in [0.2, 0.25) is 0 Å². The Hall–Kier alpha value is -1.39. The number of carbonyl (C=O) groups is 2. The van der Waals surface area contributed by atoms with Crippen LogP contribution in [0, 0.1) is 5.41 Å². The van der Waals surface area contributed by atoms with Crippen LogP contribution in [0.15, 0.2) is 0 Å². The molecule has 0 atom stereocenters. The van der Waals surface area contributed by atoms with E-state index in [2.05, 4.69) is 0 Å². The van der Waals surface area contributed by atoms with Gasteiger partial charge in [0, 0.05) is 12.4 Å². The van der Waals surface area contributed by atoms with Crippen LogP contribution in [0.4, 0.5) is 0 Å². The molecule has 0 aliphatic carbocycles. The summed E-state index contributed by atoms with van der Waals surface area (Å²) in [5, 5.41) is 25.6. The first-order valence-electron chi connectivity index (χ1n) is 2.02. The van der Waals surface area contributed by atoms with Crippen molar-refractivity contribution in [3.8, 4) is 0 Å². The van der Waals surface area contributed by atoms with Crippen LogP contribution in [0.25, 0.3) is 0 Å². The molecule has 0 aromatic carbocycles. The van der Waals surface area contributed by atoms with Gasteiger partial charge in [-0.3, -0.25) is 0 Å². The van der Waals surface area contributed by atoms with Gasteiger partial charge in [0.1, 0.15) is 0 Å². The average Bonchev–Trinajstić information content (AvgIpc) is 1.63. The second-order valence-corrected chi connectivity index (χ2v) is 1.31. The van der Waals surface area contributed by atoms with E-state index in [1.807, 2.05) is 0 Å². The van der Waals surface area contributed by atoms with Crippen molar-refractivity contribution in [2.24, 2.45) is 0 Å². The first-order chi connectivity index (χ1) is 4.04. The number of carboxylic acids is 2. The summed E-state index contributed by atoms with van der Waals surface area (Å²) in [5.41, 5.74) is -0.977. The van der Waals surface area contributed by atoms with E-state index in [0.717, 1.165) is 0 Å². The zero-order valence-electron chi connectivity index (χ0n) is 4.34. The molecular weight excluding hydrogens is 126 g/mol. The summed E-state index contributed by atoms with van der Waals surface area (Å²) in [5.74, 6) is -3.37. The largest absolute Gasteiger partial charge is 0.550 e. The standard InChI is InChI=1S/C4H5NO4/c5-2(4(8)9)1-3(6)7/h5H,1H2,(H,6,7)(H,8,9)/p-2. The summed E-state index contributed by atoms with van der Waals surface area (Å²) in [6.07, 6.45) is -0.900. The van der Waals surface area contributed by atoms with Crippen LogP contribution in [-0.4, -0.2) is 17.7 Å². The molecule has 9 heavy (non-hydrogen) atoms. The van der Waals surface area contributed by atoms with Crippen LogP contribution < -0.4 is 10.2 Å². The monoisotopic (exact) mass is 129 g/mol. The zero-order chi connectivity index (χ0) is 7.44. The number of carboxylic acid groups (broad SMARTS) is 2. The van der Waals surface area contributed by atoms with Crippen molar-refractivity contribution < 1.29 is 19.8 Å². The van der Waals surface area contributed by atoms with Crippen LogP contribution in [0.2, 0.25) is 0 Å². The van der Waals surface area contributed by atoms with Crippen molar-refractivity contribution in [1.82, 2.24) is 0 Å². The SMILES string of the molecule is N=C(CC(=O)[O-])C(=O)[O-]. The maximum Gasteiger partial charge on any atom is 0.0854 e. The highest BCUT2D eigenvalue weighted by molar-refractivity contribution is 6.36. The molecular formula is C4H3NO4-2. The molecule has 0 unspecified atom stereocenters. The third-order valence-electron chi connectivity index (χ3n) is 0.568. The molecule has 0 spiro atoms. The molecule has 0 fully saturated rings. The Kier molecular flexibility index (Phi) is 2.37. The Labute approximate surface area is 50.4 Å². The molecule has 0 saturated carbocycles. The van der Waals surface area contributed by atoms with Crippen molar-refractivity contribution >= 4 is 17.7 Å². The first kappa shape index (κ1) is 7.61. The fraction of sp³-hybridized carbons (Fsp3) is 0.250. The fourth-order valence-electron chi connectivity index (χ4n) is 0.217. The molecule has 0 aliphatic rings. The quantitative estimate of drug-likeness (QED) is 0.407. The van der Waals surface area contributed by atoms with E-state index >= 15 is 0 Å². The minimum absolute atomic E-state index is 0.900. The van der Waals surface area contributed by atoms with Crippen molar-refractivity contribution in [2.75, 3.05) is 0 Å². The van der Waals surface area contributed by atoms with E-state index in [9.17, 15) is 19.8 Å². The van der Waals surface area contributed by atoms with Crippen molar-refractivity contribution in [2.45, 2.75) is 6.42 Å². The molecule has 0 heterocycles. The molecule has 0 rings (SSSR count). The van der Waals surface area contributed by atoms with Crippen LogP contribution in [-0.2, 0) is 9.59 Å². The topological polar surface area (TPSA) is 104 Å². The molecule has 1 N–H and O–H groups in total. The molecule has 0 aromatic rings. The number of carbonyl (C=O) groups excluding carboxylic acids is 2. The van der Waals surface area contributed by atoms with Gasteiger partial charge in [0.05, 0.1) is 11.7 Å². The predicted molar refractivity (Wildman–Crippen MR) is 22.4 cm³/mol. The summed E-state index contributed by atoms with van der Waals surface area (Å²) in [4.78, 5) is 19.2. The Morgan fingerprint density at radius 3 is 1.89 bits per heavy atom. The Morgan fingerprint density at radius 1 is 1.33 bits per heavy atom. The van der Waals surface area contributed by atoms with E-state index < -0.39 is 24.1 Å². The van der Waals surface area contributed by atoms with Crippen molar-refractivity contribution in [1.29, 1.82) is 5.41 Å². The van der Waals surface area contributed by atoms with Crippen molar-refractivity contribution in [3.05, 3.63) is 0 Å². The maximum atomic E-state index is 9.61. The zero-order valence-corrected chi connectivity index (χ0v) is 4.34. The normalized spacial score (nSPS) is 8.44. The van der Waals surface area contributed by atoms with Crippen molar-refractivity contribution in [3.63, 3.8) is 0 Å². The summed E-state index contributed by atoms with van der Waals surface area (Å²) in [7, 11) is 0. The summed E-state index contributed by atoms with van der Waals surface area (Å²) in [6, 6.07) is 0. The number of hydrogen-bond acceptors (Lipinski definition) is 5. The lowest BCUT2D eigenvalue weighted by molar-refractivity contribution is -0.306. The van der Waals surface area contributed by atoms with E-state index in [-0.39, 0.29) is 0 Å². The fourth-order valence-corrected chi connectivity index (χ4v) is 0.217. The summed E-state index contributed by atoms with van der Waals surface area (Å²) in [6.45, 7) is 0. The van der Waals surface area contributed by atoms with Gasteiger partial charge in [-0.2, -0.15) is 0 Å². The minimum atomic E-state index is -1.78. The van der Waals surface area contributed by atoms with Gasteiger partial charge in [-0.05, 0) is 0 Å². The van der Waals surface area contributed by atoms with Gasteiger partial charge in [-0.1, -0.05) is 0 Å². The van der Waals surface area contributed by atoms with Gasteiger partial charge in [-0.15, -0.1) is 0 Å². The third kappa shape index (κ3) is 3.22. The molecule has 5 heteroatoms. The van der Waals surface area contributed by atoms with Gasteiger partial charge < -0.3 is 25.2 Å². The minimum Gasteiger partial charge on any atom is -0.550 e. The van der Waals surface area contributed by atoms with E-state index in [1.54, 1.807) is 0 Å². The Balaban J connectivity index is 3.79. The second-order valence-electron chi connectivity index (χ2n) is 1.31. The molecule has 0 saturated heterocycles. The second kappa shape index (κ2) is 2.81. The van der Waals surface area contributed by atoms with Gasteiger partial charge in [0.15, 0.2) is 0 Å². The van der Waals surface area contributed by atoms with Crippen LogP contribution in [0.3, 0.4) is 0 Å². The Bertz CT molecular complexity index is 162. The van der Waals surface area contributed by atoms with E-state index in [4.69, 9.17) is 5.41 Å². The lowest BCUT2D eigenvalue weighted by Gasteiger charge is -2.03. The smallest absolute Gasteiger partial charge is 0.0854 e. The molecule has 0 amide bonds. The number of hydrogen-bond donors (Lipinski definition) is 1. The first-order valence-corrected chi connectivity index (χ1v) is 2.02. The maximum absolute atomic E-state index is 9.61. The van der Waals surface area contributed by atoms with E-state index in [1.165, 1.54) is 0 Å². The van der Waals surface area contributed by atoms with Crippen LogP contribution >= 0.6 is 0 Å².